The molecule has 0 fully saturated rings. The predicted octanol–water partition coefficient (Wildman–Crippen LogP) is 4.16. The number of esters is 1. The van der Waals surface area contributed by atoms with E-state index in [0.717, 1.165) is 11.1 Å². The summed E-state index contributed by atoms with van der Waals surface area (Å²) in [5.41, 5.74) is 2.70. The molecule has 0 saturated carbocycles. The zero-order valence-corrected chi connectivity index (χ0v) is 16.3. The molecule has 2 rings (SSSR count). The van der Waals surface area contributed by atoms with E-state index in [1.165, 1.54) is 7.11 Å². The van der Waals surface area contributed by atoms with E-state index < -0.39 is 5.97 Å². The molecule has 138 valence electrons. The molecule has 2 aromatic carbocycles. The van der Waals surface area contributed by atoms with Crippen molar-refractivity contribution in [3.05, 3.63) is 63.1 Å². The van der Waals surface area contributed by atoms with E-state index >= 15 is 0 Å². The maximum atomic E-state index is 12.3. The maximum absolute atomic E-state index is 12.3. The number of nitrogens with zero attached hydrogens (tertiary/aromatic N) is 1. The third kappa shape index (κ3) is 5.46. The average molecular weight is 395 g/mol. The highest BCUT2D eigenvalue weighted by molar-refractivity contribution is 6.35. The van der Waals surface area contributed by atoms with Crippen LogP contribution in [-0.4, -0.2) is 37.5 Å². The molecule has 1 amide bonds. The monoisotopic (exact) mass is 394 g/mol. The van der Waals surface area contributed by atoms with Crippen LogP contribution in [0.3, 0.4) is 0 Å². The first-order chi connectivity index (χ1) is 12.3. The number of halogens is 2. The number of carbonyl (C=O) groups excluding carboxylic acids is 2. The number of benzene rings is 2. The molecule has 0 atom stereocenters. The number of methoxy groups -OCH3 is 1. The molecule has 5 nitrogen and oxygen atoms in total. The lowest BCUT2D eigenvalue weighted by Gasteiger charge is -2.18. The van der Waals surface area contributed by atoms with Gasteiger partial charge in [-0.15, -0.1) is 0 Å². The van der Waals surface area contributed by atoms with Crippen molar-refractivity contribution >= 4 is 40.8 Å². The second kappa shape index (κ2) is 9.03. The number of amides is 1. The first kappa shape index (κ1) is 20.2. The number of nitrogens with one attached hydrogen (secondary N) is 1. The van der Waals surface area contributed by atoms with Crippen molar-refractivity contribution < 1.29 is 14.3 Å². The van der Waals surface area contributed by atoms with E-state index in [0.29, 0.717) is 27.8 Å². The Morgan fingerprint density at radius 3 is 2.54 bits per heavy atom. The Morgan fingerprint density at radius 2 is 1.88 bits per heavy atom. The fraction of sp³-hybridized carbons (Fsp3) is 0.263. The van der Waals surface area contributed by atoms with Crippen LogP contribution in [0.5, 0.6) is 0 Å². The summed E-state index contributed by atoms with van der Waals surface area (Å²) >= 11 is 12.1. The molecule has 0 radical (unpaired) electrons. The van der Waals surface area contributed by atoms with E-state index in [-0.39, 0.29) is 12.5 Å². The molecule has 0 aliphatic rings. The van der Waals surface area contributed by atoms with Crippen LogP contribution in [0.4, 0.5) is 5.69 Å². The summed E-state index contributed by atoms with van der Waals surface area (Å²) in [6.45, 7) is 2.53. The van der Waals surface area contributed by atoms with Crippen molar-refractivity contribution in [3.8, 4) is 0 Å². The van der Waals surface area contributed by atoms with Gasteiger partial charge in [0.15, 0.2) is 0 Å². The van der Waals surface area contributed by atoms with Gasteiger partial charge in [-0.3, -0.25) is 9.69 Å². The van der Waals surface area contributed by atoms with E-state index in [1.54, 1.807) is 30.3 Å². The lowest BCUT2D eigenvalue weighted by molar-refractivity contribution is -0.117. The summed E-state index contributed by atoms with van der Waals surface area (Å²) < 4.78 is 4.70. The summed E-state index contributed by atoms with van der Waals surface area (Å²) in [5.74, 6) is -0.641. The molecule has 7 heteroatoms. The number of anilines is 1. The van der Waals surface area contributed by atoms with Crippen LogP contribution in [0, 0.1) is 6.92 Å². The van der Waals surface area contributed by atoms with Gasteiger partial charge < -0.3 is 10.1 Å². The average Bonchev–Trinajstić information content (AvgIpc) is 2.58. The number of aryl methyl sites for hydroxylation is 1. The molecule has 0 heterocycles. The van der Waals surface area contributed by atoms with Gasteiger partial charge in [0.25, 0.3) is 0 Å². The first-order valence-electron chi connectivity index (χ1n) is 7.91. The number of carbonyl (C=O) groups is 2. The van der Waals surface area contributed by atoms with Crippen LogP contribution in [0.25, 0.3) is 0 Å². The van der Waals surface area contributed by atoms with Crippen molar-refractivity contribution in [2.24, 2.45) is 0 Å². The lowest BCUT2D eigenvalue weighted by atomic mass is 10.1. The molecule has 0 bridgehead atoms. The van der Waals surface area contributed by atoms with Crippen molar-refractivity contribution in [1.29, 1.82) is 0 Å². The quantitative estimate of drug-likeness (QED) is 0.747. The van der Waals surface area contributed by atoms with Gasteiger partial charge in [0.1, 0.15) is 0 Å². The van der Waals surface area contributed by atoms with Gasteiger partial charge in [-0.25, -0.2) is 4.79 Å². The first-order valence-corrected chi connectivity index (χ1v) is 8.67. The number of hydrogen-bond donors (Lipinski definition) is 1. The van der Waals surface area contributed by atoms with Crippen LogP contribution < -0.4 is 5.32 Å². The van der Waals surface area contributed by atoms with Crippen molar-refractivity contribution in [2.75, 3.05) is 26.0 Å². The van der Waals surface area contributed by atoms with Gasteiger partial charge in [-0.2, -0.15) is 0 Å². The Morgan fingerprint density at radius 1 is 1.15 bits per heavy atom. The molecule has 0 aliphatic carbocycles. The fourth-order valence-electron chi connectivity index (χ4n) is 2.43. The topological polar surface area (TPSA) is 58.6 Å². The molecule has 0 spiro atoms. The molecule has 1 N–H and O–H groups in total. The highest BCUT2D eigenvalue weighted by atomic mass is 35.5. The maximum Gasteiger partial charge on any atom is 0.337 e. The van der Waals surface area contributed by atoms with Crippen molar-refractivity contribution in [1.82, 2.24) is 4.90 Å². The summed E-state index contributed by atoms with van der Waals surface area (Å²) in [6.07, 6.45) is 0. The predicted molar refractivity (Wildman–Crippen MR) is 104 cm³/mol. The van der Waals surface area contributed by atoms with Gasteiger partial charge in [0.05, 0.1) is 19.2 Å². The second-order valence-corrected chi connectivity index (χ2v) is 6.82. The minimum atomic E-state index is -0.449. The van der Waals surface area contributed by atoms with Crippen LogP contribution in [0.15, 0.2) is 36.4 Å². The summed E-state index contributed by atoms with van der Waals surface area (Å²) in [7, 11) is 3.14. The van der Waals surface area contributed by atoms with Crippen molar-refractivity contribution in [3.63, 3.8) is 0 Å². The fourth-order valence-corrected chi connectivity index (χ4v) is 2.90. The van der Waals surface area contributed by atoms with Gasteiger partial charge in [-0.1, -0.05) is 35.3 Å². The summed E-state index contributed by atoms with van der Waals surface area (Å²) in [5, 5.41) is 3.96. The molecule has 0 aromatic heterocycles. The largest absolute Gasteiger partial charge is 0.465 e. The Bertz CT molecular complexity index is 824. The summed E-state index contributed by atoms with van der Waals surface area (Å²) in [4.78, 5) is 25.8. The van der Waals surface area contributed by atoms with E-state index in [2.05, 4.69) is 5.32 Å². The Balaban J connectivity index is 2.00. The third-order valence-electron chi connectivity index (χ3n) is 3.80. The standard InChI is InChI=1S/C19H20Cl2N2O3/c1-12-4-5-13(19(25)26-3)8-17(12)22-18(24)11-23(2)10-14-6-7-15(20)9-16(14)21/h4-9H,10-11H2,1-3H3,(H,22,24). The molecule has 0 unspecified atom stereocenters. The van der Waals surface area contributed by atoms with E-state index in [9.17, 15) is 9.59 Å². The zero-order valence-electron chi connectivity index (χ0n) is 14.8. The minimum absolute atomic E-state index is 0.168. The molecule has 0 aliphatic heterocycles. The molecule has 26 heavy (non-hydrogen) atoms. The van der Waals surface area contributed by atoms with Crippen LogP contribution >= 0.6 is 23.2 Å². The normalized spacial score (nSPS) is 10.7. The molecular formula is C19H20Cl2N2O3. The van der Waals surface area contributed by atoms with Crippen LogP contribution in [0.2, 0.25) is 10.0 Å². The van der Waals surface area contributed by atoms with Crippen molar-refractivity contribution in [2.45, 2.75) is 13.5 Å². The van der Waals surface area contributed by atoms with E-state index in [1.807, 2.05) is 24.9 Å². The second-order valence-electron chi connectivity index (χ2n) is 5.98. The lowest BCUT2D eigenvalue weighted by Crippen LogP contribution is -2.30. The third-order valence-corrected chi connectivity index (χ3v) is 4.39. The summed E-state index contributed by atoms with van der Waals surface area (Å²) in [6, 6.07) is 10.3. The Hall–Kier alpha value is -2.08. The highest BCUT2D eigenvalue weighted by Gasteiger charge is 2.13. The number of likely N-dealkylation sites (N-methyl/N-ethyl adjacent to an activating group) is 1. The van der Waals surface area contributed by atoms with Gasteiger partial charge >= 0.3 is 5.97 Å². The SMILES string of the molecule is COC(=O)c1ccc(C)c(NC(=O)CN(C)Cc2ccc(Cl)cc2Cl)c1. The van der Waals surface area contributed by atoms with Gasteiger partial charge in [0.2, 0.25) is 5.91 Å². The molecule has 2 aromatic rings. The highest BCUT2D eigenvalue weighted by Crippen LogP contribution is 2.22. The Labute approximate surface area is 162 Å². The number of ether oxygens (including phenoxy) is 1. The van der Waals surface area contributed by atoms with Gasteiger partial charge in [-0.05, 0) is 49.4 Å². The minimum Gasteiger partial charge on any atom is -0.465 e. The van der Waals surface area contributed by atoms with E-state index in [4.69, 9.17) is 27.9 Å². The van der Waals surface area contributed by atoms with Gasteiger partial charge in [0, 0.05) is 22.3 Å². The Kier molecular flexibility index (Phi) is 7.03. The molecular weight excluding hydrogens is 375 g/mol. The zero-order chi connectivity index (χ0) is 19.3. The number of hydrogen-bond acceptors (Lipinski definition) is 4. The number of rotatable bonds is 6. The van der Waals surface area contributed by atoms with Crippen LogP contribution in [0.1, 0.15) is 21.5 Å². The molecule has 0 saturated heterocycles. The van der Waals surface area contributed by atoms with Crippen LogP contribution in [-0.2, 0) is 16.1 Å². The smallest absolute Gasteiger partial charge is 0.337 e.